The van der Waals surface area contributed by atoms with E-state index in [1.165, 1.54) is 0 Å². The summed E-state index contributed by atoms with van der Waals surface area (Å²) in [6, 6.07) is 16.8. The van der Waals surface area contributed by atoms with Gasteiger partial charge in [0.15, 0.2) is 5.78 Å². The van der Waals surface area contributed by atoms with Crippen LogP contribution in [-0.2, 0) is 15.0 Å². The molecule has 24 heavy (non-hydrogen) atoms. The van der Waals surface area contributed by atoms with Gasteiger partial charge >= 0.3 is 0 Å². The summed E-state index contributed by atoms with van der Waals surface area (Å²) < 4.78 is 0.941. The number of nitrogens with one attached hydrogen (secondary N) is 1. The number of Topliss-reactive ketones (excluding diaryl/α,β-unsaturated/α-hetero) is 1. The van der Waals surface area contributed by atoms with Crippen molar-refractivity contribution in [3.8, 4) is 0 Å². The molecule has 3 nitrogen and oxygen atoms in total. The maximum atomic E-state index is 13.2. The lowest BCUT2D eigenvalue weighted by molar-refractivity contribution is -0.131. The van der Waals surface area contributed by atoms with Gasteiger partial charge in [-0.25, -0.2) is 0 Å². The number of ketones is 1. The molecule has 1 fully saturated rings. The summed E-state index contributed by atoms with van der Waals surface area (Å²) in [5.41, 5.74) is 0.160. The van der Waals surface area contributed by atoms with Gasteiger partial charge in [-0.15, -0.1) is 0 Å². The van der Waals surface area contributed by atoms with Crippen LogP contribution in [0, 0.1) is 5.41 Å². The van der Waals surface area contributed by atoms with E-state index in [-0.39, 0.29) is 17.1 Å². The van der Waals surface area contributed by atoms with Crippen molar-refractivity contribution in [2.45, 2.75) is 32.1 Å². The van der Waals surface area contributed by atoms with Crippen LogP contribution in [-0.4, -0.2) is 11.7 Å². The minimum Gasteiger partial charge on any atom is -0.325 e. The first-order chi connectivity index (χ1) is 11.3. The Labute approximate surface area is 150 Å². The molecule has 0 saturated heterocycles. The van der Waals surface area contributed by atoms with Crippen LogP contribution < -0.4 is 5.32 Å². The van der Waals surface area contributed by atoms with E-state index in [1.807, 2.05) is 68.4 Å². The fraction of sp³-hybridized carbons (Fsp3) is 0.300. The zero-order valence-electron chi connectivity index (χ0n) is 13.8. The molecule has 0 aromatic heterocycles. The van der Waals surface area contributed by atoms with Gasteiger partial charge in [0.25, 0.3) is 0 Å². The van der Waals surface area contributed by atoms with Gasteiger partial charge in [0, 0.05) is 16.6 Å². The Morgan fingerprint density at radius 3 is 2.21 bits per heavy atom. The second-order valence-corrected chi connectivity index (χ2v) is 8.09. The molecule has 0 aliphatic heterocycles. The first-order valence-electron chi connectivity index (χ1n) is 7.99. The van der Waals surface area contributed by atoms with Gasteiger partial charge in [-0.1, -0.05) is 60.1 Å². The number of carbonyl (C=O) groups excluding carboxylic acids is 2. The van der Waals surface area contributed by atoms with E-state index in [0.717, 1.165) is 10.0 Å². The summed E-state index contributed by atoms with van der Waals surface area (Å²) in [7, 11) is 0. The van der Waals surface area contributed by atoms with Crippen molar-refractivity contribution in [3.05, 3.63) is 64.6 Å². The van der Waals surface area contributed by atoms with Crippen molar-refractivity contribution < 1.29 is 9.59 Å². The Balaban J connectivity index is 2.01. The first-order valence-corrected chi connectivity index (χ1v) is 8.79. The molecular formula is C20H20BrNO2. The molecule has 0 spiro atoms. The van der Waals surface area contributed by atoms with Gasteiger partial charge in [-0.2, -0.15) is 0 Å². The lowest BCUT2D eigenvalue weighted by Crippen LogP contribution is -2.44. The van der Waals surface area contributed by atoms with Crippen LogP contribution in [0.2, 0.25) is 0 Å². The zero-order chi connectivity index (χ0) is 17.4. The highest BCUT2D eigenvalue weighted by molar-refractivity contribution is 9.10. The predicted molar refractivity (Wildman–Crippen MR) is 98.9 cm³/mol. The van der Waals surface area contributed by atoms with Crippen molar-refractivity contribution in [1.29, 1.82) is 0 Å². The van der Waals surface area contributed by atoms with Gasteiger partial charge in [0.1, 0.15) is 5.41 Å². The smallest absolute Gasteiger partial charge is 0.242 e. The van der Waals surface area contributed by atoms with Crippen LogP contribution in [0.15, 0.2) is 59.1 Å². The number of anilines is 1. The van der Waals surface area contributed by atoms with E-state index in [9.17, 15) is 9.59 Å². The van der Waals surface area contributed by atoms with Crippen molar-refractivity contribution in [1.82, 2.24) is 0 Å². The summed E-state index contributed by atoms with van der Waals surface area (Å²) in [5.74, 6) is -0.250. The Morgan fingerprint density at radius 1 is 1.04 bits per heavy atom. The average Bonchev–Trinajstić information content (AvgIpc) is 2.80. The van der Waals surface area contributed by atoms with Crippen molar-refractivity contribution in [3.63, 3.8) is 0 Å². The molecule has 0 heterocycles. The number of benzene rings is 2. The molecule has 4 heteroatoms. The Morgan fingerprint density at radius 2 is 1.67 bits per heavy atom. The van der Waals surface area contributed by atoms with Gasteiger partial charge < -0.3 is 5.32 Å². The number of hydrogen-bond acceptors (Lipinski definition) is 2. The molecule has 1 atom stereocenters. The van der Waals surface area contributed by atoms with Gasteiger partial charge in [0.2, 0.25) is 5.91 Å². The molecule has 0 radical (unpaired) electrons. The van der Waals surface area contributed by atoms with Crippen LogP contribution in [0.25, 0.3) is 0 Å². The molecule has 124 valence electrons. The molecule has 0 bridgehead atoms. The normalized spacial score (nSPS) is 22.4. The van der Waals surface area contributed by atoms with E-state index in [0.29, 0.717) is 18.5 Å². The molecule has 1 N–H and O–H groups in total. The molecule has 1 saturated carbocycles. The van der Waals surface area contributed by atoms with Crippen molar-refractivity contribution in [2.24, 2.45) is 5.41 Å². The summed E-state index contributed by atoms with van der Waals surface area (Å²) in [5, 5.41) is 2.94. The highest BCUT2D eigenvalue weighted by atomic mass is 79.9. The van der Waals surface area contributed by atoms with E-state index in [2.05, 4.69) is 21.2 Å². The SMILES string of the molecule is CC1(C)CC(=O)C(C(=O)Nc2ccc(Br)cc2)(c2ccccc2)C1. The number of rotatable bonds is 3. The standard InChI is InChI=1S/C20H20BrNO2/c1-19(2)12-17(23)20(13-19,14-6-4-3-5-7-14)18(24)22-16-10-8-15(21)9-11-16/h3-11H,12-13H2,1-2H3,(H,22,24). The maximum absolute atomic E-state index is 13.2. The third-order valence-corrected chi connectivity index (χ3v) is 5.14. The first kappa shape index (κ1) is 16.9. The van der Waals surface area contributed by atoms with Crippen molar-refractivity contribution >= 4 is 33.3 Å². The second kappa shape index (κ2) is 6.17. The minimum absolute atomic E-state index is 0.00619. The van der Waals surface area contributed by atoms with E-state index in [1.54, 1.807) is 0 Å². The number of carbonyl (C=O) groups is 2. The molecular weight excluding hydrogens is 366 g/mol. The van der Waals surface area contributed by atoms with Crippen molar-refractivity contribution in [2.75, 3.05) is 5.32 Å². The summed E-state index contributed by atoms with van der Waals surface area (Å²) in [6.45, 7) is 4.09. The fourth-order valence-electron chi connectivity index (χ4n) is 3.56. The Kier molecular flexibility index (Phi) is 4.35. The predicted octanol–water partition coefficient (Wildman–Crippen LogP) is 4.71. The van der Waals surface area contributed by atoms with Crippen LogP contribution in [0.3, 0.4) is 0 Å². The fourth-order valence-corrected chi connectivity index (χ4v) is 3.82. The van der Waals surface area contributed by atoms with E-state index in [4.69, 9.17) is 0 Å². The van der Waals surface area contributed by atoms with Crippen LogP contribution in [0.1, 0.15) is 32.3 Å². The van der Waals surface area contributed by atoms with E-state index < -0.39 is 5.41 Å². The lowest BCUT2D eigenvalue weighted by Gasteiger charge is -2.28. The number of amides is 1. The van der Waals surface area contributed by atoms with Crippen LogP contribution >= 0.6 is 15.9 Å². The monoisotopic (exact) mass is 385 g/mol. The average molecular weight is 386 g/mol. The molecule has 1 unspecified atom stereocenters. The zero-order valence-corrected chi connectivity index (χ0v) is 15.4. The molecule has 2 aromatic rings. The maximum Gasteiger partial charge on any atom is 0.242 e. The molecule has 1 aliphatic carbocycles. The van der Waals surface area contributed by atoms with Crippen LogP contribution in [0.5, 0.6) is 0 Å². The third-order valence-electron chi connectivity index (χ3n) is 4.62. The summed E-state index contributed by atoms with van der Waals surface area (Å²) in [4.78, 5) is 26.1. The number of hydrogen-bond donors (Lipinski definition) is 1. The highest BCUT2D eigenvalue weighted by Gasteiger charge is 2.56. The summed E-state index contributed by atoms with van der Waals surface area (Å²) >= 11 is 3.38. The van der Waals surface area contributed by atoms with Gasteiger partial charge in [-0.05, 0) is 41.7 Å². The van der Waals surface area contributed by atoms with E-state index >= 15 is 0 Å². The Bertz CT molecular complexity index is 768. The quantitative estimate of drug-likeness (QED) is 0.777. The molecule has 1 aliphatic rings. The Hall–Kier alpha value is -1.94. The molecule has 3 rings (SSSR count). The highest BCUT2D eigenvalue weighted by Crippen LogP contribution is 2.48. The number of halogens is 1. The molecule has 1 amide bonds. The second-order valence-electron chi connectivity index (χ2n) is 7.17. The summed E-state index contributed by atoms with van der Waals surface area (Å²) in [6.07, 6.45) is 0.931. The van der Waals surface area contributed by atoms with Crippen LogP contribution in [0.4, 0.5) is 5.69 Å². The lowest BCUT2D eigenvalue weighted by atomic mass is 9.74. The minimum atomic E-state index is -1.11. The third kappa shape index (κ3) is 3.03. The van der Waals surface area contributed by atoms with Gasteiger partial charge in [-0.3, -0.25) is 9.59 Å². The topological polar surface area (TPSA) is 46.2 Å². The van der Waals surface area contributed by atoms with Gasteiger partial charge in [0.05, 0.1) is 0 Å². The largest absolute Gasteiger partial charge is 0.325 e. The molecule has 2 aromatic carbocycles.